The first-order valence-electron chi connectivity index (χ1n) is 13.6. The summed E-state index contributed by atoms with van der Waals surface area (Å²) in [6, 6.07) is 15.3. The number of benzene rings is 2. The number of aliphatic hydroxyl groups excluding tert-OH is 1. The molecule has 2 aromatic heterocycles. The number of nitrogen functional groups attached to an aromatic ring is 1. The third-order valence-electron chi connectivity index (χ3n) is 7.34. The van der Waals surface area contributed by atoms with Gasteiger partial charge in [0.2, 0.25) is 5.85 Å². The lowest BCUT2D eigenvalue weighted by Crippen LogP contribution is -2.37. The topological polar surface area (TPSA) is 173 Å². The van der Waals surface area contributed by atoms with Gasteiger partial charge >= 0.3 is 13.7 Å². The number of rotatable bonds is 11. The molecule has 15 heteroatoms. The van der Waals surface area contributed by atoms with Gasteiger partial charge in [-0.3, -0.25) is 9.32 Å². The number of para-hydroxylation sites is 1. The molecule has 7 atom stereocenters. The molecule has 0 bridgehead atoms. The molecule has 13 nitrogen and oxygen atoms in total. The van der Waals surface area contributed by atoms with Crippen LogP contribution >= 0.6 is 7.75 Å². The number of imidazole rings is 1. The van der Waals surface area contributed by atoms with E-state index in [-0.39, 0.29) is 18.2 Å². The molecule has 226 valence electrons. The van der Waals surface area contributed by atoms with Crippen LogP contribution in [-0.2, 0) is 30.0 Å². The quantitative estimate of drug-likeness (QED) is 0.167. The molecule has 3 heterocycles. The number of nitrogens with two attached hydrogens (primary N) is 1. The number of anilines is 1. The monoisotopic (exact) mass is 612 g/mol. The normalized spacial score (nSPS) is 26.4. The zero-order valence-corrected chi connectivity index (χ0v) is 24.1. The maximum absolute atomic E-state index is 15.9. The Bertz CT molecular complexity index is 1680. The van der Waals surface area contributed by atoms with E-state index in [1.807, 2.05) is 18.2 Å². The molecular formula is C28H30FN6O7P. The van der Waals surface area contributed by atoms with Gasteiger partial charge in [-0.1, -0.05) is 48.5 Å². The second-order valence-corrected chi connectivity index (χ2v) is 12.1. The van der Waals surface area contributed by atoms with Gasteiger partial charge in [0.15, 0.2) is 11.5 Å². The third kappa shape index (κ3) is 5.71. The Hall–Kier alpha value is -3.94. The van der Waals surface area contributed by atoms with Crippen molar-refractivity contribution in [3.05, 3.63) is 78.4 Å². The molecule has 4 aromatic rings. The maximum atomic E-state index is 15.9. The highest BCUT2D eigenvalue weighted by Gasteiger charge is 2.78. The number of alkyl halides is 1. The fourth-order valence-corrected chi connectivity index (χ4v) is 6.72. The van der Waals surface area contributed by atoms with Gasteiger partial charge in [-0.15, -0.1) is 0 Å². The summed E-state index contributed by atoms with van der Waals surface area (Å²) >= 11 is 0. The van der Waals surface area contributed by atoms with Crippen molar-refractivity contribution >= 4 is 30.7 Å². The van der Waals surface area contributed by atoms with Crippen LogP contribution in [0.15, 0.2) is 67.0 Å². The number of aliphatic hydroxyl groups is 1. The number of nitrogens with one attached hydrogen (secondary N) is 1. The van der Waals surface area contributed by atoms with Crippen molar-refractivity contribution in [1.29, 1.82) is 0 Å². The molecule has 0 amide bonds. The minimum Gasteiger partial charge on any atom is -0.460 e. The first kappa shape index (κ1) is 29.1. The van der Waals surface area contributed by atoms with Gasteiger partial charge in [-0.25, -0.2) is 23.9 Å². The van der Waals surface area contributed by atoms with E-state index in [0.29, 0.717) is 17.0 Å². The number of esters is 1. The van der Waals surface area contributed by atoms with Crippen LogP contribution in [0, 0.1) is 12.8 Å². The number of nitrogens with zero attached hydrogens (tertiary/aromatic N) is 4. The lowest BCUT2D eigenvalue weighted by atomic mass is 10.1. The van der Waals surface area contributed by atoms with E-state index in [0.717, 1.165) is 5.56 Å². The number of hydrogen-bond acceptors (Lipinski definition) is 11. The second kappa shape index (κ2) is 11.3. The highest BCUT2D eigenvalue weighted by Crippen LogP contribution is 2.66. The highest BCUT2D eigenvalue weighted by atomic mass is 31.2. The van der Waals surface area contributed by atoms with E-state index in [4.69, 9.17) is 24.3 Å². The van der Waals surface area contributed by atoms with E-state index < -0.39 is 56.4 Å². The lowest BCUT2D eigenvalue weighted by Gasteiger charge is -2.26. The summed E-state index contributed by atoms with van der Waals surface area (Å²) in [6.07, 6.45) is -1.13. The van der Waals surface area contributed by atoms with Gasteiger partial charge in [-0.05, 0) is 31.5 Å². The van der Waals surface area contributed by atoms with Crippen molar-refractivity contribution in [3.8, 4) is 5.75 Å². The summed E-state index contributed by atoms with van der Waals surface area (Å²) in [5.74, 6) is -3.17. The number of ether oxygens (including phenoxy) is 2. The standard InChI is InChI=1S/C28H30FN6O7P/c1-16(27(37)39-13-18-9-5-3-6-10-18)34-43(38,42-19-11-7-4-8-12-19)40-14-20-23(36)21-24(28(21,29)41-20)35-15-31-22-25(30)32-17(2)33-26(22)35/h3-12,15-16,20-21,23-24,36H,13-14H2,1-2H3,(H,34,38)(H2,30,32,33)/t16-,20+,21?,23-,24-,28?,43?/m0/s1. The fourth-order valence-electron chi connectivity index (χ4n) is 5.22. The molecule has 2 aromatic carbocycles. The number of hydrogen-bond donors (Lipinski definition) is 3. The summed E-state index contributed by atoms with van der Waals surface area (Å²) in [7, 11) is -4.27. The fraction of sp³-hybridized carbons (Fsp3) is 0.357. The molecule has 1 aliphatic carbocycles. The number of halogens is 1. The summed E-state index contributed by atoms with van der Waals surface area (Å²) in [5, 5.41) is 13.6. The van der Waals surface area contributed by atoms with Crippen LogP contribution in [0.4, 0.5) is 10.2 Å². The molecule has 3 unspecified atom stereocenters. The molecule has 0 radical (unpaired) electrons. The van der Waals surface area contributed by atoms with Crippen LogP contribution in [0.5, 0.6) is 5.75 Å². The molecule has 6 rings (SSSR count). The predicted octanol–water partition coefficient (Wildman–Crippen LogP) is 3.24. The molecule has 1 aliphatic heterocycles. The Labute approximate surface area is 245 Å². The van der Waals surface area contributed by atoms with E-state index in [1.165, 1.54) is 17.8 Å². The largest absolute Gasteiger partial charge is 0.460 e. The number of carbonyl (C=O) groups excluding carboxylic acids is 1. The van der Waals surface area contributed by atoms with Gasteiger partial charge in [0, 0.05) is 0 Å². The minimum atomic E-state index is -4.27. The van der Waals surface area contributed by atoms with E-state index >= 15 is 4.39 Å². The van der Waals surface area contributed by atoms with Crippen LogP contribution in [0.3, 0.4) is 0 Å². The van der Waals surface area contributed by atoms with E-state index in [2.05, 4.69) is 20.0 Å². The van der Waals surface area contributed by atoms with E-state index in [1.54, 1.807) is 49.4 Å². The molecular weight excluding hydrogens is 582 g/mol. The number of aromatic nitrogens is 4. The number of carbonyl (C=O) groups is 1. The van der Waals surface area contributed by atoms with Crippen LogP contribution in [-0.4, -0.2) is 61.3 Å². The zero-order chi connectivity index (χ0) is 30.4. The highest BCUT2D eigenvalue weighted by molar-refractivity contribution is 7.52. The molecule has 43 heavy (non-hydrogen) atoms. The van der Waals surface area contributed by atoms with Crippen molar-refractivity contribution in [3.63, 3.8) is 0 Å². The van der Waals surface area contributed by atoms with Crippen molar-refractivity contribution in [2.75, 3.05) is 12.3 Å². The molecule has 4 N–H and O–H groups in total. The third-order valence-corrected chi connectivity index (χ3v) is 8.98. The first-order chi connectivity index (χ1) is 20.6. The molecule has 2 fully saturated rings. The zero-order valence-electron chi connectivity index (χ0n) is 23.2. The summed E-state index contributed by atoms with van der Waals surface area (Å²) in [6.45, 7) is 2.61. The van der Waals surface area contributed by atoms with Gasteiger partial charge in [0.05, 0.1) is 25.0 Å². The summed E-state index contributed by atoms with van der Waals surface area (Å²) in [4.78, 5) is 25.3. The summed E-state index contributed by atoms with van der Waals surface area (Å²) < 4.78 is 53.4. The van der Waals surface area contributed by atoms with Crippen LogP contribution in [0.25, 0.3) is 11.2 Å². The Kier molecular flexibility index (Phi) is 7.65. The summed E-state index contributed by atoms with van der Waals surface area (Å²) in [5.41, 5.74) is 7.35. The Morgan fingerprint density at radius 1 is 1.21 bits per heavy atom. The molecule has 0 spiro atoms. The average molecular weight is 613 g/mol. The minimum absolute atomic E-state index is 0.0179. The van der Waals surface area contributed by atoms with Gasteiger partial charge in [0.1, 0.15) is 41.9 Å². The Balaban J connectivity index is 1.13. The Morgan fingerprint density at radius 3 is 2.58 bits per heavy atom. The average Bonchev–Trinajstić information content (AvgIpc) is 3.22. The van der Waals surface area contributed by atoms with E-state index in [9.17, 15) is 14.5 Å². The SMILES string of the molecule is Cc1nc(N)c2ncn([C@H]3C4[C@@H](O)[C@@H](COP(=O)(N[C@@H](C)C(=O)OCc5ccccc5)Oc5ccccc5)OC43F)c2n1. The van der Waals surface area contributed by atoms with Crippen molar-refractivity contribution in [2.45, 2.75) is 50.6 Å². The van der Waals surface area contributed by atoms with Crippen LogP contribution in [0.1, 0.15) is 24.4 Å². The van der Waals surface area contributed by atoms with Gasteiger partial charge in [-0.2, -0.15) is 5.09 Å². The predicted molar refractivity (Wildman–Crippen MR) is 151 cm³/mol. The van der Waals surface area contributed by atoms with Gasteiger partial charge in [0.25, 0.3) is 0 Å². The lowest BCUT2D eigenvalue weighted by molar-refractivity contribution is -0.146. The second-order valence-electron chi connectivity index (χ2n) is 10.4. The van der Waals surface area contributed by atoms with Gasteiger partial charge < -0.3 is 29.4 Å². The smallest absolute Gasteiger partial charge is 0.459 e. The maximum Gasteiger partial charge on any atom is 0.459 e. The number of fused-ring (bicyclic) bond motifs is 2. The van der Waals surface area contributed by atoms with Crippen molar-refractivity contribution in [1.82, 2.24) is 24.6 Å². The van der Waals surface area contributed by atoms with Crippen LogP contribution < -0.4 is 15.3 Å². The van der Waals surface area contributed by atoms with Crippen molar-refractivity contribution in [2.24, 2.45) is 5.92 Å². The van der Waals surface area contributed by atoms with Crippen molar-refractivity contribution < 1.29 is 37.4 Å². The molecule has 2 aliphatic rings. The Morgan fingerprint density at radius 2 is 1.91 bits per heavy atom. The number of aryl methyl sites for hydroxylation is 1. The molecule has 1 saturated carbocycles. The van der Waals surface area contributed by atoms with Crippen LogP contribution in [0.2, 0.25) is 0 Å². The molecule has 1 saturated heterocycles. The first-order valence-corrected chi connectivity index (χ1v) is 15.1.